The topological polar surface area (TPSA) is 32.3 Å². The highest BCUT2D eigenvalue weighted by atomic mass is 35.5. The molecule has 0 spiro atoms. The molecule has 0 aliphatic carbocycles. The number of carbonyl (C=O) groups is 1. The summed E-state index contributed by atoms with van der Waals surface area (Å²) in [4.78, 5) is 13.4. The maximum absolute atomic E-state index is 11.4. The van der Waals surface area contributed by atoms with E-state index < -0.39 is 0 Å². The predicted molar refractivity (Wildman–Crippen MR) is 63.3 cm³/mol. The summed E-state index contributed by atoms with van der Waals surface area (Å²) in [5, 5.41) is 3.52. The Bertz CT molecular complexity index is 219. The minimum Gasteiger partial charge on any atom is -0.331 e. The molecule has 3 nitrogen and oxygen atoms in total. The molecule has 1 amide bonds. The molecule has 86 valence electrons. The van der Waals surface area contributed by atoms with E-state index in [4.69, 9.17) is 23.2 Å². The second kappa shape index (κ2) is 6.36. The number of hydrogen-bond acceptors (Lipinski definition) is 2. The van der Waals surface area contributed by atoms with Crippen molar-refractivity contribution in [3.63, 3.8) is 0 Å². The molecular formula is C10H16Cl2N2O. The van der Waals surface area contributed by atoms with E-state index in [1.165, 1.54) is 6.08 Å². The molecule has 0 aromatic heterocycles. The zero-order valence-electron chi connectivity index (χ0n) is 8.59. The van der Waals surface area contributed by atoms with Crippen molar-refractivity contribution in [2.75, 3.05) is 18.4 Å². The van der Waals surface area contributed by atoms with E-state index in [0.29, 0.717) is 12.1 Å². The number of fused-ring (bicyclic) bond motifs is 2. The normalized spacial score (nSPS) is 28.0. The third kappa shape index (κ3) is 3.10. The van der Waals surface area contributed by atoms with Crippen molar-refractivity contribution in [1.82, 2.24) is 10.2 Å². The number of rotatable bonds is 1. The van der Waals surface area contributed by atoms with Gasteiger partial charge in [-0.15, -0.1) is 23.2 Å². The number of piperazine rings is 1. The highest BCUT2D eigenvalue weighted by molar-refractivity contribution is 6.40. The quantitative estimate of drug-likeness (QED) is 0.566. The minimum absolute atomic E-state index is 0.101. The first-order valence-electron chi connectivity index (χ1n) is 5.02. The summed E-state index contributed by atoms with van der Waals surface area (Å²) in [6.07, 6.45) is 3.73. The van der Waals surface area contributed by atoms with Crippen LogP contribution in [0.5, 0.6) is 0 Å². The van der Waals surface area contributed by atoms with Crippen LogP contribution in [-0.2, 0) is 4.79 Å². The van der Waals surface area contributed by atoms with Gasteiger partial charge in [0.05, 0.1) is 5.34 Å². The highest BCUT2D eigenvalue weighted by Gasteiger charge is 2.38. The summed E-state index contributed by atoms with van der Waals surface area (Å²) in [7, 11) is 0. The van der Waals surface area contributed by atoms with Crippen LogP contribution in [0.1, 0.15) is 12.8 Å². The zero-order chi connectivity index (χ0) is 11.3. The fourth-order valence-electron chi connectivity index (χ4n) is 2.24. The lowest BCUT2D eigenvalue weighted by Crippen LogP contribution is -2.53. The molecule has 2 atom stereocenters. The number of hydrogen-bond donors (Lipinski definition) is 1. The van der Waals surface area contributed by atoms with E-state index in [0.717, 1.165) is 25.9 Å². The largest absolute Gasteiger partial charge is 0.331 e. The molecule has 2 fully saturated rings. The molecule has 2 heterocycles. The Labute approximate surface area is 100 Å². The van der Waals surface area contributed by atoms with Crippen molar-refractivity contribution < 1.29 is 4.79 Å². The number of alkyl halides is 2. The predicted octanol–water partition coefficient (Wildman–Crippen LogP) is 1.56. The summed E-state index contributed by atoms with van der Waals surface area (Å²) < 4.78 is 0. The Morgan fingerprint density at radius 3 is 2.27 bits per heavy atom. The van der Waals surface area contributed by atoms with Crippen LogP contribution < -0.4 is 5.32 Å². The number of nitrogens with one attached hydrogen (secondary N) is 1. The van der Waals surface area contributed by atoms with Crippen molar-refractivity contribution in [2.45, 2.75) is 24.9 Å². The molecule has 2 aliphatic rings. The van der Waals surface area contributed by atoms with E-state index in [1.54, 1.807) is 0 Å². The summed E-state index contributed by atoms with van der Waals surface area (Å²) in [6, 6.07) is 0.850. The molecule has 0 aromatic rings. The lowest BCUT2D eigenvalue weighted by molar-refractivity contribution is -0.129. The van der Waals surface area contributed by atoms with Crippen LogP contribution in [0.4, 0.5) is 0 Å². The number of carbonyl (C=O) groups excluding carboxylic acids is 1. The maximum Gasteiger partial charge on any atom is 0.246 e. The van der Waals surface area contributed by atoms with Gasteiger partial charge in [0, 0.05) is 25.2 Å². The van der Waals surface area contributed by atoms with E-state index in [-0.39, 0.29) is 11.2 Å². The van der Waals surface area contributed by atoms with Crippen LogP contribution >= 0.6 is 23.2 Å². The third-order valence-corrected chi connectivity index (χ3v) is 2.81. The first kappa shape index (κ1) is 12.8. The van der Waals surface area contributed by atoms with Gasteiger partial charge < -0.3 is 10.2 Å². The van der Waals surface area contributed by atoms with Crippen molar-refractivity contribution in [2.24, 2.45) is 0 Å². The maximum atomic E-state index is 11.4. The van der Waals surface area contributed by atoms with Crippen LogP contribution in [0.15, 0.2) is 12.7 Å². The zero-order valence-corrected chi connectivity index (χ0v) is 10.1. The minimum atomic E-state index is 0.101. The monoisotopic (exact) mass is 250 g/mol. The van der Waals surface area contributed by atoms with Gasteiger partial charge in [0.15, 0.2) is 0 Å². The van der Waals surface area contributed by atoms with E-state index in [1.807, 2.05) is 4.90 Å². The van der Waals surface area contributed by atoms with Gasteiger partial charge in [0.2, 0.25) is 5.91 Å². The second-order valence-electron chi connectivity index (χ2n) is 3.59. The highest BCUT2D eigenvalue weighted by Crippen LogP contribution is 2.26. The summed E-state index contributed by atoms with van der Waals surface area (Å²) in [5.74, 6) is 0.101. The Balaban J connectivity index is 0.000000337. The van der Waals surface area contributed by atoms with E-state index >= 15 is 0 Å². The lowest BCUT2D eigenvalue weighted by atomic mass is 10.2. The number of amides is 1. The van der Waals surface area contributed by atoms with E-state index in [9.17, 15) is 4.79 Å². The fourth-order valence-corrected chi connectivity index (χ4v) is 2.24. The van der Waals surface area contributed by atoms with Gasteiger partial charge in [-0.1, -0.05) is 6.58 Å². The Morgan fingerprint density at radius 2 is 1.87 bits per heavy atom. The molecule has 2 saturated heterocycles. The molecule has 0 aromatic carbocycles. The molecule has 0 unspecified atom stereocenters. The van der Waals surface area contributed by atoms with Gasteiger partial charge in [0.1, 0.15) is 0 Å². The van der Waals surface area contributed by atoms with Crippen LogP contribution in [0.25, 0.3) is 0 Å². The van der Waals surface area contributed by atoms with E-state index in [2.05, 4.69) is 11.9 Å². The van der Waals surface area contributed by atoms with Gasteiger partial charge in [-0.25, -0.2) is 0 Å². The van der Waals surface area contributed by atoms with Gasteiger partial charge in [-0.3, -0.25) is 4.79 Å². The Hall–Kier alpha value is -0.250. The first-order valence-corrected chi connectivity index (χ1v) is 6.08. The summed E-state index contributed by atoms with van der Waals surface area (Å²) in [6.45, 7) is 5.43. The molecule has 0 radical (unpaired) electrons. The van der Waals surface area contributed by atoms with Crippen LogP contribution in [-0.4, -0.2) is 41.3 Å². The van der Waals surface area contributed by atoms with Crippen molar-refractivity contribution >= 4 is 29.1 Å². The molecule has 1 N–H and O–H groups in total. The molecule has 15 heavy (non-hydrogen) atoms. The van der Waals surface area contributed by atoms with Gasteiger partial charge in [-0.05, 0) is 18.9 Å². The standard InChI is InChI=1S/C9H14N2O.CH2Cl2/c1-2-9(12)11-7-3-4-8(11)6-10-5-7;2-1-3/h2,7-8,10H,1,3-6H2;1H2/t7-,8+;. The lowest BCUT2D eigenvalue weighted by Gasteiger charge is -2.34. The summed E-state index contributed by atoms with van der Waals surface area (Å²) in [5.41, 5.74) is 0. The van der Waals surface area contributed by atoms with Crippen molar-refractivity contribution in [1.29, 1.82) is 0 Å². The van der Waals surface area contributed by atoms with Gasteiger partial charge in [-0.2, -0.15) is 0 Å². The third-order valence-electron chi connectivity index (χ3n) is 2.81. The number of halogens is 2. The fraction of sp³-hybridized carbons (Fsp3) is 0.700. The SMILES string of the molecule is C=CC(=O)N1[C@@H]2CC[C@H]1CNC2.ClCCl. The molecule has 5 heteroatoms. The average Bonchev–Trinajstić information content (AvgIpc) is 2.48. The Morgan fingerprint density at radius 1 is 1.40 bits per heavy atom. The Kier molecular flexibility index (Phi) is 5.43. The average molecular weight is 251 g/mol. The first-order chi connectivity index (χ1) is 7.24. The second-order valence-corrected chi connectivity index (χ2v) is 4.40. The van der Waals surface area contributed by atoms with Crippen LogP contribution in [0.3, 0.4) is 0 Å². The molecular weight excluding hydrogens is 235 g/mol. The molecule has 2 aliphatic heterocycles. The van der Waals surface area contributed by atoms with Crippen molar-refractivity contribution in [3.05, 3.63) is 12.7 Å². The van der Waals surface area contributed by atoms with Crippen molar-refractivity contribution in [3.8, 4) is 0 Å². The van der Waals surface area contributed by atoms with Crippen LogP contribution in [0, 0.1) is 0 Å². The number of nitrogens with zero attached hydrogens (tertiary/aromatic N) is 1. The van der Waals surface area contributed by atoms with Crippen LogP contribution in [0.2, 0.25) is 0 Å². The van der Waals surface area contributed by atoms with Gasteiger partial charge >= 0.3 is 0 Å². The smallest absolute Gasteiger partial charge is 0.246 e. The molecule has 0 saturated carbocycles. The molecule has 2 bridgehead atoms. The van der Waals surface area contributed by atoms with Gasteiger partial charge in [0.25, 0.3) is 0 Å². The molecule has 2 rings (SSSR count). The summed E-state index contributed by atoms with van der Waals surface area (Å²) >= 11 is 9.53.